The predicted molar refractivity (Wildman–Crippen MR) is 109 cm³/mol. The number of thioether (sulfide) groups is 1. The van der Waals surface area contributed by atoms with Crippen molar-refractivity contribution in [1.82, 2.24) is 13.9 Å². The van der Waals surface area contributed by atoms with Crippen LogP contribution >= 0.6 is 11.8 Å². The Kier molecular flexibility index (Phi) is 5.78. The lowest BCUT2D eigenvalue weighted by Gasteiger charge is -2.17. The molecule has 0 saturated carbocycles. The van der Waals surface area contributed by atoms with Crippen molar-refractivity contribution in [3.63, 3.8) is 0 Å². The summed E-state index contributed by atoms with van der Waals surface area (Å²) in [6.07, 6.45) is 0. The SMILES string of the molecule is Cc1ccc(S(=O)(=O)N(C)C)cc1-n1c(SCC(=O)[O-])nc2ccccc2c1=O. The normalized spacial score (nSPS) is 11.9. The van der Waals surface area contributed by atoms with E-state index in [0.717, 1.165) is 16.1 Å². The molecule has 3 aromatic rings. The van der Waals surface area contributed by atoms with E-state index in [1.807, 2.05) is 0 Å². The van der Waals surface area contributed by atoms with E-state index in [2.05, 4.69) is 4.98 Å². The van der Waals surface area contributed by atoms with E-state index in [9.17, 15) is 23.1 Å². The number of nitrogens with zero attached hydrogens (tertiary/aromatic N) is 3. The molecule has 0 spiro atoms. The summed E-state index contributed by atoms with van der Waals surface area (Å²) in [5.74, 6) is -1.70. The number of hydrogen-bond acceptors (Lipinski definition) is 7. The molecule has 29 heavy (non-hydrogen) atoms. The van der Waals surface area contributed by atoms with Gasteiger partial charge in [0.2, 0.25) is 10.0 Å². The van der Waals surface area contributed by atoms with Crippen LogP contribution in [0.1, 0.15) is 5.56 Å². The molecule has 1 heterocycles. The first-order chi connectivity index (χ1) is 13.6. The van der Waals surface area contributed by atoms with Gasteiger partial charge < -0.3 is 9.90 Å². The number of aryl methyl sites for hydroxylation is 1. The van der Waals surface area contributed by atoms with Gasteiger partial charge in [0.15, 0.2) is 5.16 Å². The molecular weight excluding hydrogens is 414 g/mol. The molecule has 0 bridgehead atoms. The molecule has 0 aliphatic carbocycles. The van der Waals surface area contributed by atoms with Gasteiger partial charge in [-0.25, -0.2) is 17.7 Å². The fourth-order valence-corrected chi connectivity index (χ4v) is 4.39. The highest BCUT2D eigenvalue weighted by atomic mass is 32.2. The average molecular weight is 433 g/mol. The van der Waals surface area contributed by atoms with Crippen molar-refractivity contribution in [2.75, 3.05) is 19.8 Å². The minimum Gasteiger partial charge on any atom is -0.549 e. The van der Waals surface area contributed by atoms with E-state index in [1.54, 1.807) is 37.3 Å². The molecule has 0 atom stereocenters. The van der Waals surface area contributed by atoms with Gasteiger partial charge in [-0.2, -0.15) is 0 Å². The van der Waals surface area contributed by atoms with E-state index in [0.29, 0.717) is 22.2 Å². The third-order valence-electron chi connectivity index (χ3n) is 4.26. The minimum absolute atomic E-state index is 0.0130. The summed E-state index contributed by atoms with van der Waals surface area (Å²) in [7, 11) is -0.899. The summed E-state index contributed by atoms with van der Waals surface area (Å²) in [6.45, 7) is 1.73. The van der Waals surface area contributed by atoms with Gasteiger partial charge in [0.05, 0.1) is 27.5 Å². The zero-order valence-corrected chi connectivity index (χ0v) is 17.6. The Morgan fingerprint density at radius 3 is 2.55 bits per heavy atom. The molecule has 10 heteroatoms. The average Bonchev–Trinajstić information content (AvgIpc) is 2.67. The second-order valence-electron chi connectivity index (χ2n) is 6.45. The van der Waals surface area contributed by atoms with Crippen LogP contribution in [0.5, 0.6) is 0 Å². The Balaban J connectivity index is 2.34. The number of para-hydroxylation sites is 1. The Morgan fingerprint density at radius 2 is 1.90 bits per heavy atom. The standard InChI is InChI=1S/C19H19N3O5S2/c1-12-8-9-13(29(26,27)21(2)3)10-16(12)22-18(25)14-6-4-5-7-15(14)20-19(22)28-11-17(23)24/h4-10H,11H2,1-3H3,(H,23,24)/p-1. The van der Waals surface area contributed by atoms with Crippen LogP contribution < -0.4 is 10.7 Å². The van der Waals surface area contributed by atoms with Crippen LogP contribution in [0.15, 0.2) is 57.3 Å². The summed E-state index contributed by atoms with van der Waals surface area (Å²) < 4.78 is 27.4. The van der Waals surface area contributed by atoms with Crippen molar-refractivity contribution >= 4 is 38.7 Å². The van der Waals surface area contributed by atoms with Crippen LogP contribution in [-0.4, -0.2) is 48.1 Å². The molecule has 0 radical (unpaired) electrons. The number of carbonyl (C=O) groups is 1. The Morgan fingerprint density at radius 1 is 1.21 bits per heavy atom. The fourth-order valence-electron chi connectivity index (χ4n) is 2.75. The zero-order valence-electron chi connectivity index (χ0n) is 15.9. The zero-order chi connectivity index (χ0) is 21.3. The maximum Gasteiger partial charge on any atom is 0.266 e. The van der Waals surface area contributed by atoms with Gasteiger partial charge in [-0.1, -0.05) is 30.0 Å². The lowest BCUT2D eigenvalue weighted by Crippen LogP contribution is -2.27. The lowest BCUT2D eigenvalue weighted by atomic mass is 10.2. The first-order valence-corrected chi connectivity index (χ1v) is 10.9. The third kappa shape index (κ3) is 4.04. The first-order valence-electron chi connectivity index (χ1n) is 8.51. The molecule has 152 valence electrons. The maximum atomic E-state index is 13.2. The molecule has 0 unspecified atom stereocenters. The van der Waals surface area contributed by atoms with Crippen molar-refractivity contribution < 1.29 is 18.3 Å². The second kappa shape index (κ2) is 7.97. The van der Waals surface area contributed by atoms with Crippen LogP contribution in [-0.2, 0) is 14.8 Å². The van der Waals surface area contributed by atoms with Crippen LogP contribution in [0.2, 0.25) is 0 Å². The molecule has 1 aromatic heterocycles. The van der Waals surface area contributed by atoms with Gasteiger partial charge in [-0.3, -0.25) is 9.36 Å². The van der Waals surface area contributed by atoms with Gasteiger partial charge in [0.25, 0.3) is 5.56 Å². The topological polar surface area (TPSA) is 112 Å². The monoisotopic (exact) mass is 432 g/mol. The predicted octanol–water partition coefficient (Wildman–Crippen LogP) is 0.786. The molecule has 0 fully saturated rings. The summed E-state index contributed by atoms with van der Waals surface area (Å²) in [5, 5.41) is 11.4. The fraction of sp³-hybridized carbons (Fsp3) is 0.211. The highest BCUT2D eigenvalue weighted by Crippen LogP contribution is 2.25. The van der Waals surface area contributed by atoms with Gasteiger partial charge in [0, 0.05) is 19.8 Å². The van der Waals surface area contributed by atoms with E-state index in [-0.39, 0.29) is 10.1 Å². The van der Waals surface area contributed by atoms with Crippen molar-refractivity contribution in [3.8, 4) is 5.69 Å². The van der Waals surface area contributed by atoms with Crippen LogP contribution in [0, 0.1) is 6.92 Å². The Bertz CT molecular complexity index is 1270. The summed E-state index contributed by atoms with van der Waals surface area (Å²) in [5.41, 5.74) is 0.956. The highest BCUT2D eigenvalue weighted by Gasteiger charge is 2.21. The Hall–Kier alpha value is -2.69. The maximum absolute atomic E-state index is 13.2. The lowest BCUT2D eigenvalue weighted by molar-refractivity contribution is -0.301. The number of aromatic nitrogens is 2. The third-order valence-corrected chi connectivity index (χ3v) is 6.99. The summed E-state index contributed by atoms with van der Waals surface area (Å²) in [4.78, 5) is 28.6. The number of benzene rings is 2. The number of carboxylic acids is 1. The number of aliphatic carboxylic acids is 1. The summed E-state index contributed by atoms with van der Waals surface area (Å²) in [6, 6.07) is 11.1. The largest absolute Gasteiger partial charge is 0.549 e. The van der Waals surface area contributed by atoms with E-state index < -0.39 is 27.3 Å². The summed E-state index contributed by atoms with van der Waals surface area (Å²) >= 11 is 0.837. The van der Waals surface area contributed by atoms with Crippen LogP contribution in [0.25, 0.3) is 16.6 Å². The second-order valence-corrected chi connectivity index (χ2v) is 9.54. The van der Waals surface area contributed by atoms with E-state index in [1.165, 1.54) is 30.8 Å². The van der Waals surface area contributed by atoms with Gasteiger partial charge in [-0.15, -0.1) is 0 Å². The quantitative estimate of drug-likeness (QED) is 0.418. The molecule has 0 aliphatic heterocycles. The number of sulfonamides is 1. The van der Waals surface area contributed by atoms with Crippen molar-refractivity contribution in [1.29, 1.82) is 0 Å². The molecule has 0 amide bonds. The van der Waals surface area contributed by atoms with E-state index >= 15 is 0 Å². The van der Waals surface area contributed by atoms with Gasteiger partial charge >= 0.3 is 0 Å². The van der Waals surface area contributed by atoms with Crippen molar-refractivity contribution in [2.24, 2.45) is 0 Å². The van der Waals surface area contributed by atoms with E-state index in [4.69, 9.17) is 0 Å². The smallest absolute Gasteiger partial charge is 0.266 e. The molecule has 0 saturated heterocycles. The number of carboxylic acid groups (broad SMARTS) is 1. The number of carbonyl (C=O) groups excluding carboxylic acids is 1. The first kappa shape index (κ1) is 21.0. The number of rotatable bonds is 6. The van der Waals surface area contributed by atoms with Gasteiger partial charge in [0.1, 0.15) is 0 Å². The molecule has 2 aromatic carbocycles. The molecule has 8 nitrogen and oxygen atoms in total. The molecular formula is C19H18N3O5S2-. The number of hydrogen-bond donors (Lipinski definition) is 0. The van der Waals surface area contributed by atoms with Crippen molar-refractivity contribution in [2.45, 2.75) is 17.0 Å². The van der Waals surface area contributed by atoms with Crippen molar-refractivity contribution in [3.05, 3.63) is 58.4 Å². The highest BCUT2D eigenvalue weighted by molar-refractivity contribution is 7.99. The number of fused-ring (bicyclic) bond motifs is 1. The van der Waals surface area contributed by atoms with Crippen LogP contribution in [0.3, 0.4) is 0 Å². The van der Waals surface area contributed by atoms with Gasteiger partial charge in [-0.05, 0) is 36.8 Å². The minimum atomic E-state index is -3.73. The van der Waals surface area contributed by atoms with Crippen LogP contribution in [0.4, 0.5) is 0 Å². The molecule has 0 N–H and O–H groups in total. The molecule has 0 aliphatic rings. The molecule has 3 rings (SSSR count). The Labute approximate surface area is 171 Å².